The number of hydrogen-bond acceptors (Lipinski definition) is 9. The number of hydrogen-bond donors (Lipinski definition) is 3. The molecule has 1 saturated heterocycles. The normalized spacial score (nSPS) is 27.8. The fraction of sp³-hybridized carbons (Fsp3) is 0.617. The zero-order valence-corrected chi connectivity index (χ0v) is 38.0. The maximum Gasteiger partial charge on any atom is 0.329 e. The first-order valence-corrected chi connectivity index (χ1v) is 21.7. The van der Waals surface area contributed by atoms with Gasteiger partial charge in [-0.1, -0.05) is 79.2 Å². The number of nitrogens with zero attached hydrogens (tertiary/aromatic N) is 3. The van der Waals surface area contributed by atoms with Crippen molar-refractivity contribution in [1.29, 1.82) is 0 Å². The summed E-state index contributed by atoms with van der Waals surface area (Å²) in [6.45, 7) is 15.4. The third kappa shape index (κ3) is 12.3. The van der Waals surface area contributed by atoms with Crippen LogP contribution in [-0.4, -0.2) is 119 Å². The van der Waals surface area contributed by atoms with Crippen molar-refractivity contribution in [1.82, 2.24) is 25.3 Å². The number of nitrogens with one attached hydrogen (secondary N) is 2. The van der Waals surface area contributed by atoms with E-state index >= 15 is 0 Å². The van der Waals surface area contributed by atoms with Gasteiger partial charge in [0, 0.05) is 39.2 Å². The SMILES string of the molecule is CC[C@H](C)[C@H]1C(=O)N2CCC[C@H]2C(=O)O[C@H](C(C)(C)C)C[C@@H](C)C[C@H](O)[C@H](C)C(=O)NCc2cccc(c2)C(=O)N[C@@H](Cc2ccc(OC)cc2)C(=O)N(C)[C@@H](C)C(=O)N1C. The van der Waals surface area contributed by atoms with Crippen LogP contribution < -0.4 is 15.4 Å². The van der Waals surface area contributed by atoms with Crippen LogP contribution >= 0.6 is 0 Å². The van der Waals surface area contributed by atoms with Gasteiger partial charge in [0.2, 0.25) is 23.6 Å². The summed E-state index contributed by atoms with van der Waals surface area (Å²) >= 11 is 0. The molecule has 0 radical (unpaired) electrons. The van der Waals surface area contributed by atoms with Gasteiger partial charge in [-0.3, -0.25) is 24.0 Å². The number of aliphatic hydroxyl groups excluding tert-OH is 1. The average molecular weight is 848 g/mol. The summed E-state index contributed by atoms with van der Waals surface area (Å²) in [4.78, 5) is 88.9. The highest BCUT2D eigenvalue weighted by atomic mass is 16.5. The van der Waals surface area contributed by atoms with E-state index < -0.39 is 71.4 Å². The van der Waals surface area contributed by atoms with Gasteiger partial charge >= 0.3 is 5.97 Å². The van der Waals surface area contributed by atoms with E-state index in [0.29, 0.717) is 43.5 Å². The molecular formula is C47H69N5O9. The van der Waals surface area contributed by atoms with Crippen LogP contribution in [0.1, 0.15) is 109 Å². The molecule has 9 atom stereocenters. The number of fused-ring (bicyclic) bond motifs is 3. The van der Waals surface area contributed by atoms with Crippen molar-refractivity contribution >= 4 is 35.5 Å². The quantitative estimate of drug-likeness (QED) is 0.359. The van der Waals surface area contributed by atoms with E-state index in [-0.39, 0.29) is 48.6 Å². The molecule has 4 rings (SSSR count). The van der Waals surface area contributed by atoms with Gasteiger partial charge in [0.1, 0.15) is 36.0 Å². The molecule has 2 heterocycles. The molecule has 0 aliphatic carbocycles. The fourth-order valence-electron chi connectivity index (χ4n) is 8.16. The topological polar surface area (TPSA) is 175 Å². The first kappa shape index (κ1) is 48.7. The third-order valence-corrected chi connectivity index (χ3v) is 12.6. The molecule has 0 unspecified atom stereocenters. The Balaban J connectivity index is 1.74. The second-order valence-corrected chi connectivity index (χ2v) is 18.3. The predicted octanol–water partition coefficient (Wildman–Crippen LogP) is 4.75. The second kappa shape index (κ2) is 21.2. The zero-order valence-electron chi connectivity index (χ0n) is 38.0. The molecule has 2 aliphatic heterocycles. The van der Waals surface area contributed by atoms with Gasteiger partial charge < -0.3 is 39.9 Å². The minimum atomic E-state index is -1.10. The number of rotatable bonds is 5. The van der Waals surface area contributed by atoms with E-state index in [9.17, 15) is 33.9 Å². The average Bonchev–Trinajstić information content (AvgIpc) is 3.74. The Morgan fingerprint density at radius 3 is 2.21 bits per heavy atom. The molecule has 2 aliphatic rings. The highest BCUT2D eigenvalue weighted by Gasteiger charge is 2.44. The summed E-state index contributed by atoms with van der Waals surface area (Å²) in [5.41, 5.74) is 1.16. The molecule has 0 aromatic heterocycles. The smallest absolute Gasteiger partial charge is 0.329 e. The number of methoxy groups -OCH3 is 1. The molecule has 14 nitrogen and oxygen atoms in total. The molecule has 1 fully saturated rings. The monoisotopic (exact) mass is 848 g/mol. The minimum absolute atomic E-state index is 0.0943. The van der Waals surface area contributed by atoms with Gasteiger partial charge in [-0.25, -0.2) is 4.79 Å². The highest BCUT2D eigenvalue weighted by Crippen LogP contribution is 2.32. The van der Waals surface area contributed by atoms with Gasteiger partial charge in [0.15, 0.2) is 0 Å². The standard InChI is InChI=1S/C47H69N5O9/c1-12-29(3)40-45(58)52-22-14-17-37(52)46(59)61-39(47(6,7)8)24-28(2)23-38(53)30(4)41(54)48-27-33-15-13-16-34(25-33)42(55)49-36(26-32-18-20-35(60-11)21-19-32)44(57)50(9)31(5)43(56)51(40)10/h13,15-16,18-21,25,28-31,36-40,53H,12,14,17,22-24,26-27H2,1-11H3,(H,48,54)(H,49,55)/t28-,29-,30-,31-,36-,37-,38-,39-,40-/m0/s1. The number of carbonyl (C=O) groups excluding carboxylic acids is 6. The Bertz CT molecular complexity index is 1860. The lowest BCUT2D eigenvalue weighted by Gasteiger charge is -2.39. The van der Waals surface area contributed by atoms with Crippen LogP contribution in [0.3, 0.4) is 0 Å². The Labute approximate surface area is 362 Å². The lowest BCUT2D eigenvalue weighted by molar-refractivity contribution is -0.166. The summed E-state index contributed by atoms with van der Waals surface area (Å²) in [7, 11) is 4.61. The van der Waals surface area contributed by atoms with E-state index in [1.807, 2.05) is 41.5 Å². The largest absolute Gasteiger partial charge is 0.497 e. The molecule has 0 saturated carbocycles. The number of amides is 5. The molecule has 336 valence electrons. The van der Waals surface area contributed by atoms with Gasteiger partial charge in [0.25, 0.3) is 5.91 Å². The second-order valence-electron chi connectivity index (χ2n) is 18.3. The van der Waals surface area contributed by atoms with Crippen LogP contribution in [0.15, 0.2) is 48.5 Å². The van der Waals surface area contributed by atoms with Crippen molar-refractivity contribution in [3.63, 3.8) is 0 Å². The predicted molar refractivity (Wildman–Crippen MR) is 232 cm³/mol. The first-order valence-electron chi connectivity index (χ1n) is 21.7. The van der Waals surface area contributed by atoms with Crippen molar-refractivity contribution in [3.05, 3.63) is 65.2 Å². The Morgan fingerprint density at radius 1 is 0.918 bits per heavy atom. The number of ether oxygens (including phenoxy) is 2. The maximum atomic E-state index is 14.6. The molecule has 2 bridgehead atoms. The van der Waals surface area contributed by atoms with E-state index in [1.165, 1.54) is 21.7 Å². The Kier molecular flexibility index (Phi) is 16.9. The van der Waals surface area contributed by atoms with Crippen LogP contribution in [-0.2, 0) is 41.7 Å². The van der Waals surface area contributed by atoms with Crippen molar-refractivity contribution in [2.75, 3.05) is 27.7 Å². The van der Waals surface area contributed by atoms with Crippen LogP contribution in [0.25, 0.3) is 0 Å². The number of benzene rings is 2. The fourth-order valence-corrected chi connectivity index (χ4v) is 8.16. The molecule has 2 aromatic carbocycles. The summed E-state index contributed by atoms with van der Waals surface area (Å²) in [5.74, 6) is -3.33. The molecule has 2 aromatic rings. The van der Waals surface area contributed by atoms with Gasteiger partial charge in [-0.2, -0.15) is 0 Å². The van der Waals surface area contributed by atoms with Crippen LogP contribution in [0, 0.1) is 23.2 Å². The number of carbonyl (C=O) groups is 6. The van der Waals surface area contributed by atoms with E-state index in [0.717, 1.165) is 5.56 Å². The van der Waals surface area contributed by atoms with Gasteiger partial charge in [-0.15, -0.1) is 0 Å². The summed E-state index contributed by atoms with van der Waals surface area (Å²) in [6, 6.07) is 9.89. The number of esters is 1. The van der Waals surface area contributed by atoms with Gasteiger partial charge in [0.05, 0.1) is 19.1 Å². The van der Waals surface area contributed by atoms with Crippen molar-refractivity contribution < 1.29 is 43.3 Å². The number of aliphatic hydroxyl groups is 1. The molecule has 14 heteroatoms. The maximum absolute atomic E-state index is 14.6. The summed E-state index contributed by atoms with van der Waals surface area (Å²) < 4.78 is 11.6. The zero-order chi connectivity index (χ0) is 45.3. The van der Waals surface area contributed by atoms with Crippen molar-refractivity contribution in [2.45, 2.75) is 137 Å². The first-order chi connectivity index (χ1) is 28.7. The molecule has 61 heavy (non-hydrogen) atoms. The molecule has 5 amide bonds. The summed E-state index contributed by atoms with van der Waals surface area (Å²) in [6.07, 6.45) is 0.821. The summed E-state index contributed by atoms with van der Waals surface area (Å²) in [5, 5.41) is 17.0. The Hall–Kier alpha value is -4.98. The molecule has 3 N–H and O–H groups in total. The third-order valence-electron chi connectivity index (χ3n) is 12.6. The van der Waals surface area contributed by atoms with E-state index in [2.05, 4.69) is 10.6 Å². The van der Waals surface area contributed by atoms with E-state index in [4.69, 9.17) is 9.47 Å². The minimum Gasteiger partial charge on any atom is -0.497 e. The van der Waals surface area contributed by atoms with Gasteiger partial charge in [-0.05, 0) is 85.3 Å². The number of cyclic esters (lactones) is 1. The van der Waals surface area contributed by atoms with Crippen LogP contribution in [0.4, 0.5) is 0 Å². The lowest BCUT2D eigenvalue weighted by atomic mass is 9.81. The lowest BCUT2D eigenvalue weighted by Crippen LogP contribution is -2.59. The molecular weight excluding hydrogens is 779 g/mol. The molecule has 0 spiro atoms. The van der Waals surface area contributed by atoms with E-state index in [1.54, 1.807) is 76.5 Å². The number of likely N-dealkylation sites (N-methyl/N-ethyl adjacent to an activating group) is 2. The Morgan fingerprint density at radius 2 is 1.59 bits per heavy atom. The van der Waals surface area contributed by atoms with Crippen LogP contribution in [0.5, 0.6) is 5.75 Å². The van der Waals surface area contributed by atoms with Crippen molar-refractivity contribution in [2.24, 2.45) is 23.2 Å². The highest BCUT2D eigenvalue weighted by molar-refractivity contribution is 5.99. The van der Waals surface area contributed by atoms with Crippen molar-refractivity contribution in [3.8, 4) is 5.75 Å². The van der Waals surface area contributed by atoms with Crippen LogP contribution in [0.2, 0.25) is 0 Å².